The Morgan fingerprint density at radius 2 is 1.88 bits per heavy atom. The number of H-pyrrole nitrogens is 1. The average Bonchev–Trinajstić information content (AvgIpc) is 2.88. The van der Waals surface area contributed by atoms with Gasteiger partial charge in [-0.05, 0) is 23.1 Å². The van der Waals surface area contributed by atoms with Crippen LogP contribution in [-0.4, -0.2) is 26.8 Å². The molecule has 24 heavy (non-hydrogen) atoms. The van der Waals surface area contributed by atoms with Crippen LogP contribution < -0.4 is 10.5 Å². The van der Waals surface area contributed by atoms with E-state index in [1.165, 1.54) is 5.56 Å². The molecule has 0 radical (unpaired) electrons. The second kappa shape index (κ2) is 5.78. The number of rotatable bonds is 3. The van der Waals surface area contributed by atoms with Crippen LogP contribution in [0.2, 0.25) is 0 Å². The average molecular weight is 325 g/mol. The van der Waals surface area contributed by atoms with Crippen molar-refractivity contribution in [2.24, 2.45) is 7.05 Å². The molecule has 0 amide bonds. The Morgan fingerprint density at radius 3 is 2.50 bits per heavy atom. The van der Waals surface area contributed by atoms with Gasteiger partial charge in [-0.25, -0.2) is 4.98 Å². The lowest BCUT2D eigenvalue weighted by molar-refractivity contribution is 0.590. The van der Waals surface area contributed by atoms with Crippen molar-refractivity contribution in [1.82, 2.24) is 19.7 Å². The standard InChI is InChI=1S/C18H23N5O/c1-18(2,3)12-6-8-13(9-7-12)22(4)11-15-20-16-14(17(24)21-15)10-19-23(16)5/h6-10H,11H2,1-5H3,(H,20,21,24). The predicted octanol–water partition coefficient (Wildman–Crippen LogP) is 2.59. The Morgan fingerprint density at radius 1 is 1.21 bits per heavy atom. The minimum absolute atomic E-state index is 0.133. The van der Waals surface area contributed by atoms with E-state index in [4.69, 9.17) is 0 Å². The number of anilines is 1. The van der Waals surface area contributed by atoms with Crippen LogP contribution in [0.1, 0.15) is 32.2 Å². The summed E-state index contributed by atoms with van der Waals surface area (Å²) in [5.41, 5.74) is 2.96. The van der Waals surface area contributed by atoms with Gasteiger partial charge >= 0.3 is 0 Å². The Kier molecular flexibility index (Phi) is 3.91. The van der Waals surface area contributed by atoms with Gasteiger partial charge in [0.2, 0.25) is 0 Å². The lowest BCUT2D eigenvalue weighted by Crippen LogP contribution is -2.22. The number of nitrogens with one attached hydrogen (secondary N) is 1. The van der Waals surface area contributed by atoms with Gasteiger partial charge in [-0.3, -0.25) is 9.48 Å². The molecular weight excluding hydrogens is 302 g/mol. The van der Waals surface area contributed by atoms with E-state index < -0.39 is 0 Å². The summed E-state index contributed by atoms with van der Waals surface area (Å²) in [6.07, 6.45) is 1.54. The molecule has 6 heteroatoms. The first-order valence-electron chi connectivity index (χ1n) is 7.98. The molecule has 2 aromatic heterocycles. The molecule has 2 heterocycles. The third-order valence-corrected chi connectivity index (χ3v) is 4.21. The Labute approximate surface area is 141 Å². The number of hydrogen-bond donors (Lipinski definition) is 1. The van der Waals surface area contributed by atoms with E-state index >= 15 is 0 Å². The first-order valence-corrected chi connectivity index (χ1v) is 7.98. The molecule has 6 nitrogen and oxygen atoms in total. The number of benzene rings is 1. The molecule has 0 fully saturated rings. The molecule has 3 aromatic rings. The van der Waals surface area contributed by atoms with Gasteiger partial charge in [0.15, 0.2) is 5.65 Å². The minimum atomic E-state index is -0.153. The van der Waals surface area contributed by atoms with E-state index in [1.807, 2.05) is 7.05 Å². The summed E-state index contributed by atoms with van der Waals surface area (Å²) in [6.45, 7) is 7.11. The number of fused-ring (bicyclic) bond motifs is 1. The van der Waals surface area contributed by atoms with Crippen LogP contribution >= 0.6 is 0 Å². The summed E-state index contributed by atoms with van der Waals surface area (Å²) in [4.78, 5) is 21.5. The Balaban J connectivity index is 1.85. The maximum atomic E-state index is 12.1. The van der Waals surface area contributed by atoms with Gasteiger partial charge in [0.05, 0.1) is 12.7 Å². The van der Waals surface area contributed by atoms with Crippen LogP contribution in [0.4, 0.5) is 5.69 Å². The van der Waals surface area contributed by atoms with Crippen molar-refractivity contribution in [3.05, 3.63) is 52.2 Å². The number of nitrogens with zero attached hydrogens (tertiary/aromatic N) is 4. The smallest absolute Gasteiger partial charge is 0.262 e. The third-order valence-electron chi connectivity index (χ3n) is 4.21. The first-order chi connectivity index (χ1) is 11.3. The molecule has 0 bridgehead atoms. The second-order valence-electron chi connectivity index (χ2n) is 7.17. The van der Waals surface area contributed by atoms with Gasteiger partial charge < -0.3 is 9.88 Å². The summed E-state index contributed by atoms with van der Waals surface area (Å²) < 4.78 is 1.62. The molecule has 1 N–H and O–H groups in total. The maximum Gasteiger partial charge on any atom is 0.262 e. The number of aromatic nitrogens is 4. The van der Waals surface area contributed by atoms with E-state index in [1.54, 1.807) is 17.9 Å². The van der Waals surface area contributed by atoms with Crippen molar-refractivity contribution in [3.63, 3.8) is 0 Å². The van der Waals surface area contributed by atoms with E-state index in [2.05, 4.69) is 65.0 Å². The van der Waals surface area contributed by atoms with Crippen molar-refractivity contribution in [2.75, 3.05) is 11.9 Å². The Hall–Kier alpha value is -2.63. The highest BCUT2D eigenvalue weighted by molar-refractivity contribution is 5.72. The van der Waals surface area contributed by atoms with Gasteiger partial charge in [0, 0.05) is 19.8 Å². The van der Waals surface area contributed by atoms with Gasteiger partial charge in [0.25, 0.3) is 5.56 Å². The number of aryl methyl sites for hydroxylation is 1. The number of hydrogen-bond acceptors (Lipinski definition) is 4. The maximum absolute atomic E-state index is 12.1. The third kappa shape index (κ3) is 3.04. The van der Waals surface area contributed by atoms with Gasteiger partial charge in [0.1, 0.15) is 11.2 Å². The van der Waals surface area contributed by atoms with E-state index in [9.17, 15) is 4.79 Å². The summed E-state index contributed by atoms with van der Waals surface area (Å²) in [5.74, 6) is 0.624. The van der Waals surface area contributed by atoms with Gasteiger partial charge in [-0.15, -0.1) is 0 Å². The van der Waals surface area contributed by atoms with Crippen LogP contribution in [0, 0.1) is 0 Å². The fraction of sp³-hybridized carbons (Fsp3) is 0.389. The van der Waals surface area contributed by atoms with E-state index in [0.29, 0.717) is 23.4 Å². The largest absolute Gasteiger partial charge is 0.367 e. The number of aromatic amines is 1. The lowest BCUT2D eigenvalue weighted by atomic mass is 9.87. The molecule has 0 saturated carbocycles. The van der Waals surface area contributed by atoms with Crippen LogP contribution in [0.15, 0.2) is 35.3 Å². The summed E-state index contributed by atoms with van der Waals surface area (Å²) in [7, 11) is 3.77. The fourth-order valence-corrected chi connectivity index (χ4v) is 2.68. The zero-order valence-corrected chi connectivity index (χ0v) is 14.8. The SMILES string of the molecule is CN(Cc1nc2c(cnn2C)c(=O)[nH]1)c1ccc(C(C)(C)C)cc1. The molecule has 0 saturated heterocycles. The quantitative estimate of drug-likeness (QED) is 0.804. The van der Waals surface area contributed by atoms with E-state index in [0.717, 1.165) is 5.69 Å². The Bertz CT molecular complexity index is 915. The summed E-state index contributed by atoms with van der Waals surface area (Å²) in [5, 5.41) is 4.60. The minimum Gasteiger partial charge on any atom is -0.367 e. The van der Waals surface area contributed by atoms with Crippen LogP contribution in [0.25, 0.3) is 11.0 Å². The molecular formula is C18H23N5O. The normalized spacial score (nSPS) is 11.9. The molecule has 0 spiro atoms. The van der Waals surface area contributed by atoms with Crippen LogP contribution in [0.3, 0.4) is 0 Å². The highest BCUT2D eigenvalue weighted by Crippen LogP contribution is 2.24. The predicted molar refractivity (Wildman–Crippen MR) is 96.4 cm³/mol. The van der Waals surface area contributed by atoms with Gasteiger partial charge in [-0.2, -0.15) is 5.10 Å². The van der Waals surface area contributed by atoms with Crippen molar-refractivity contribution in [2.45, 2.75) is 32.7 Å². The van der Waals surface area contributed by atoms with Gasteiger partial charge in [-0.1, -0.05) is 32.9 Å². The molecule has 3 rings (SSSR count). The summed E-state index contributed by atoms with van der Waals surface area (Å²) in [6, 6.07) is 8.49. The monoisotopic (exact) mass is 325 g/mol. The fourth-order valence-electron chi connectivity index (χ4n) is 2.68. The highest BCUT2D eigenvalue weighted by Gasteiger charge is 2.14. The second-order valence-corrected chi connectivity index (χ2v) is 7.17. The van der Waals surface area contributed by atoms with Crippen molar-refractivity contribution in [1.29, 1.82) is 0 Å². The van der Waals surface area contributed by atoms with Crippen LogP contribution in [-0.2, 0) is 19.0 Å². The highest BCUT2D eigenvalue weighted by atomic mass is 16.1. The van der Waals surface area contributed by atoms with Crippen molar-refractivity contribution in [3.8, 4) is 0 Å². The topological polar surface area (TPSA) is 66.8 Å². The molecule has 0 aliphatic carbocycles. The van der Waals surface area contributed by atoms with Crippen LogP contribution in [0.5, 0.6) is 0 Å². The van der Waals surface area contributed by atoms with Crippen molar-refractivity contribution >= 4 is 16.7 Å². The molecule has 0 aliphatic heterocycles. The molecule has 0 aliphatic rings. The molecule has 1 aromatic carbocycles. The zero-order chi connectivity index (χ0) is 17.5. The molecule has 0 atom stereocenters. The molecule has 126 valence electrons. The zero-order valence-electron chi connectivity index (χ0n) is 14.8. The first kappa shape index (κ1) is 16.2. The summed E-state index contributed by atoms with van der Waals surface area (Å²) >= 11 is 0. The van der Waals surface area contributed by atoms with E-state index in [-0.39, 0.29) is 11.0 Å². The molecule has 0 unspecified atom stereocenters. The lowest BCUT2D eigenvalue weighted by Gasteiger charge is -2.22. The van der Waals surface area contributed by atoms with Crippen molar-refractivity contribution < 1.29 is 0 Å².